The zero-order valence-corrected chi connectivity index (χ0v) is 7.34. The normalized spacial score (nSPS) is 15.8. The second-order valence-electron chi connectivity index (χ2n) is 1.71. The van der Waals surface area contributed by atoms with E-state index in [1.54, 1.807) is 5.41 Å². The average molecular weight is 166 g/mol. The van der Waals surface area contributed by atoms with Crippen molar-refractivity contribution in [2.24, 2.45) is 0 Å². The molecule has 1 atom stereocenters. The summed E-state index contributed by atoms with van der Waals surface area (Å²) in [5.74, 6) is 0. The van der Waals surface area contributed by atoms with Crippen molar-refractivity contribution in [2.45, 2.75) is 18.8 Å². The van der Waals surface area contributed by atoms with Gasteiger partial charge in [0.25, 0.3) is 0 Å². The first-order chi connectivity index (χ1) is 4.26. The fourth-order valence-electron chi connectivity index (χ4n) is 0.521. The molecule has 0 aromatic heterocycles. The van der Waals surface area contributed by atoms with E-state index in [4.69, 9.17) is 11.6 Å². The van der Waals surface area contributed by atoms with Gasteiger partial charge in [0.2, 0.25) is 0 Å². The van der Waals surface area contributed by atoms with E-state index in [-0.39, 0.29) is 5.50 Å². The largest absolute Gasteiger partial charge is 0.301 e. The molecule has 0 saturated heterocycles. The number of halogens is 1. The van der Waals surface area contributed by atoms with Gasteiger partial charge >= 0.3 is 0 Å². The van der Waals surface area contributed by atoms with Crippen LogP contribution < -0.4 is 5.32 Å². The predicted octanol–water partition coefficient (Wildman–Crippen LogP) is 1.99. The molecule has 9 heavy (non-hydrogen) atoms. The van der Waals surface area contributed by atoms with Crippen molar-refractivity contribution in [2.75, 3.05) is 7.05 Å². The lowest BCUT2D eigenvalue weighted by Crippen LogP contribution is -2.20. The van der Waals surface area contributed by atoms with Crippen molar-refractivity contribution in [1.82, 2.24) is 5.32 Å². The number of rotatable bonds is 3. The van der Waals surface area contributed by atoms with Crippen LogP contribution in [0.1, 0.15) is 13.3 Å². The van der Waals surface area contributed by atoms with E-state index in [9.17, 15) is 0 Å². The third kappa shape index (κ3) is 3.14. The number of hydrogen-bond donors (Lipinski definition) is 2. The molecule has 0 aliphatic carbocycles. The molecule has 0 radical (unpaired) electrons. The first-order valence-corrected chi connectivity index (χ1v) is 3.86. The Morgan fingerprint density at radius 1 is 1.89 bits per heavy atom. The van der Waals surface area contributed by atoms with E-state index in [0.29, 0.717) is 0 Å². The van der Waals surface area contributed by atoms with Crippen molar-refractivity contribution in [3.8, 4) is 0 Å². The van der Waals surface area contributed by atoms with Crippen molar-refractivity contribution >= 4 is 24.2 Å². The Kier molecular flexibility index (Phi) is 5.35. The fourth-order valence-corrected chi connectivity index (χ4v) is 1.16. The van der Waals surface area contributed by atoms with Crippen molar-refractivity contribution in [3.05, 3.63) is 11.0 Å². The van der Waals surface area contributed by atoms with Crippen LogP contribution in [0.4, 0.5) is 0 Å². The molecule has 0 aromatic rings. The standard InChI is InChI=1S/C6H12ClNS/c1-3-5(4-9)6(7)8-2/h4,6,8-9H,3H2,1-2H3/b5-4-. The molecular formula is C6H12ClNS. The summed E-state index contributed by atoms with van der Waals surface area (Å²) in [6.45, 7) is 2.05. The molecule has 0 aromatic carbocycles. The minimum absolute atomic E-state index is 0.0625. The molecular weight excluding hydrogens is 154 g/mol. The maximum Gasteiger partial charge on any atom is 0.105 e. The van der Waals surface area contributed by atoms with Crippen LogP contribution >= 0.6 is 24.2 Å². The molecule has 3 heteroatoms. The summed E-state index contributed by atoms with van der Waals surface area (Å²) in [4.78, 5) is 0. The van der Waals surface area contributed by atoms with Gasteiger partial charge in [0.15, 0.2) is 0 Å². The van der Waals surface area contributed by atoms with E-state index in [1.807, 2.05) is 7.05 Å². The van der Waals surface area contributed by atoms with E-state index in [2.05, 4.69) is 24.9 Å². The molecule has 0 fully saturated rings. The van der Waals surface area contributed by atoms with Gasteiger partial charge in [-0.2, -0.15) is 12.6 Å². The van der Waals surface area contributed by atoms with E-state index >= 15 is 0 Å². The third-order valence-corrected chi connectivity index (χ3v) is 1.98. The number of likely N-dealkylation sites (N-methyl/N-ethyl adjacent to an activating group) is 1. The highest BCUT2D eigenvalue weighted by atomic mass is 35.5. The minimum atomic E-state index is -0.0625. The summed E-state index contributed by atoms with van der Waals surface area (Å²) in [6, 6.07) is 0. The lowest BCUT2D eigenvalue weighted by Gasteiger charge is -2.08. The Labute approximate surface area is 66.9 Å². The van der Waals surface area contributed by atoms with Gasteiger partial charge in [-0.3, -0.25) is 0 Å². The second kappa shape index (κ2) is 5.15. The lowest BCUT2D eigenvalue weighted by molar-refractivity contribution is 0.788. The average Bonchev–Trinajstić information content (AvgIpc) is 1.90. The summed E-state index contributed by atoms with van der Waals surface area (Å²) in [6.07, 6.45) is 0.943. The third-order valence-electron chi connectivity index (χ3n) is 1.15. The molecule has 54 valence electrons. The zero-order valence-electron chi connectivity index (χ0n) is 5.69. The van der Waals surface area contributed by atoms with Crippen LogP contribution in [-0.2, 0) is 0 Å². The number of thiol groups is 1. The van der Waals surface area contributed by atoms with Gasteiger partial charge in [-0.1, -0.05) is 6.92 Å². The van der Waals surface area contributed by atoms with Gasteiger partial charge in [-0.15, -0.1) is 11.6 Å². The van der Waals surface area contributed by atoms with Gasteiger partial charge in [-0.05, 0) is 24.4 Å². The Balaban J connectivity index is 3.80. The van der Waals surface area contributed by atoms with Crippen LogP contribution in [-0.4, -0.2) is 12.5 Å². The molecule has 0 bridgehead atoms. The van der Waals surface area contributed by atoms with Crippen LogP contribution in [0.3, 0.4) is 0 Å². The second-order valence-corrected chi connectivity index (χ2v) is 2.40. The van der Waals surface area contributed by atoms with Crippen LogP contribution in [0.15, 0.2) is 11.0 Å². The van der Waals surface area contributed by atoms with Gasteiger partial charge < -0.3 is 5.32 Å². The molecule has 1 nitrogen and oxygen atoms in total. The Morgan fingerprint density at radius 2 is 2.44 bits per heavy atom. The van der Waals surface area contributed by atoms with E-state index in [1.165, 1.54) is 0 Å². The van der Waals surface area contributed by atoms with Crippen molar-refractivity contribution in [1.29, 1.82) is 0 Å². The highest BCUT2D eigenvalue weighted by molar-refractivity contribution is 7.83. The first-order valence-electron chi connectivity index (χ1n) is 2.90. The van der Waals surface area contributed by atoms with Crippen LogP contribution in [0.25, 0.3) is 0 Å². The predicted molar refractivity (Wildman–Crippen MR) is 46.1 cm³/mol. The van der Waals surface area contributed by atoms with Gasteiger partial charge in [0.05, 0.1) is 0 Å². The lowest BCUT2D eigenvalue weighted by atomic mass is 10.2. The van der Waals surface area contributed by atoms with E-state index < -0.39 is 0 Å². The van der Waals surface area contributed by atoms with Gasteiger partial charge in [0, 0.05) is 0 Å². The molecule has 0 saturated carbocycles. The summed E-state index contributed by atoms with van der Waals surface area (Å²) < 4.78 is 0. The van der Waals surface area contributed by atoms with Gasteiger partial charge in [0.1, 0.15) is 5.50 Å². The SMILES string of the molecule is CC/C(=C/S)C(Cl)NC. The smallest absolute Gasteiger partial charge is 0.105 e. The quantitative estimate of drug-likeness (QED) is 0.371. The van der Waals surface area contributed by atoms with Crippen molar-refractivity contribution in [3.63, 3.8) is 0 Å². The van der Waals surface area contributed by atoms with Crippen LogP contribution in [0.2, 0.25) is 0 Å². The molecule has 0 aliphatic rings. The number of nitrogens with one attached hydrogen (secondary N) is 1. The maximum atomic E-state index is 5.80. The zero-order chi connectivity index (χ0) is 7.28. The molecule has 1 unspecified atom stereocenters. The summed E-state index contributed by atoms with van der Waals surface area (Å²) in [5, 5.41) is 4.66. The van der Waals surface area contributed by atoms with Crippen LogP contribution in [0.5, 0.6) is 0 Å². The monoisotopic (exact) mass is 165 g/mol. The van der Waals surface area contributed by atoms with E-state index in [0.717, 1.165) is 12.0 Å². The molecule has 1 N–H and O–H groups in total. The number of alkyl halides is 1. The Hall–Kier alpha value is 0.340. The molecule has 0 rings (SSSR count). The van der Waals surface area contributed by atoms with Crippen LogP contribution in [0, 0.1) is 0 Å². The molecule has 0 spiro atoms. The summed E-state index contributed by atoms with van der Waals surface area (Å²) in [7, 11) is 1.82. The molecule has 0 heterocycles. The summed E-state index contributed by atoms with van der Waals surface area (Å²) >= 11 is 9.81. The molecule has 0 amide bonds. The minimum Gasteiger partial charge on any atom is -0.301 e. The highest BCUT2D eigenvalue weighted by Gasteiger charge is 2.03. The highest BCUT2D eigenvalue weighted by Crippen LogP contribution is 2.10. The Bertz CT molecular complexity index is 103. The van der Waals surface area contributed by atoms with Crippen molar-refractivity contribution < 1.29 is 0 Å². The molecule has 0 aliphatic heterocycles. The number of hydrogen-bond acceptors (Lipinski definition) is 2. The first kappa shape index (κ1) is 9.34. The summed E-state index contributed by atoms with van der Waals surface area (Å²) in [5.41, 5.74) is 1.05. The topological polar surface area (TPSA) is 12.0 Å². The maximum absolute atomic E-state index is 5.80. The van der Waals surface area contributed by atoms with Gasteiger partial charge in [-0.25, -0.2) is 0 Å². The fraction of sp³-hybridized carbons (Fsp3) is 0.667. The Morgan fingerprint density at radius 3 is 2.56 bits per heavy atom.